The van der Waals surface area contributed by atoms with Gasteiger partial charge in [0.05, 0.1) is 12.2 Å². The van der Waals surface area contributed by atoms with Gasteiger partial charge in [-0.15, -0.1) is 0 Å². The van der Waals surface area contributed by atoms with Crippen LogP contribution >= 0.6 is 0 Å². The molecule has 84 valence electrons. The second-order valence-electron chi connectivity index (χ2n) is 4.42. The maximum absolute atomic E-state index is 11.7. The van der Waals surface area contributed by atoms with Crippen molar-refractivity contribution in [1.82, 2.24) is 0 Å². The van der Waals surface area contributed by atoms with Crippen LogP contribution in [0.4, 0.5) is 0 Å². The average molecular weight is 220 g/mol. The first-order valence-electron chi connectivity index (χ1n) is 5.27. The van der Waals surface area contributed by atoms with E-state index in [1.807, 2.05) is 13.8 Å². The Morgan fingerprint density at radius 3 is 2.56 bits per heavy atom. The number of carbonyl (C=O) groups excluding carboxylic acids is 1. The predicted molar refractivity (Wildman–Crippen MR) is 56.2 cm³/mol. The third-order valence-corrected chi connectivity index (χ3v) is 2.64. The maximum atomic E-state index is 11.7. The van der Waals surface area contributed by atoms with Crippen LogP contribution in [-0.2, 0) is 0 Å². The Labute approximate surface area is 93.1 Å². The molecule has 0 bridgehead atoms. The van der Waals surface area contributed by atoms with Crippen molar-refractivity contribution in [2.45, 2.75) is 26.1 Å². The van der Waals surface area contributed by atoms with E-state index >= 15 is 0 Å². The van der Waals surface area contributed by atoms with Crippen molar-refractivity contribution in [2.75, 3.05) is 6.61 Å². The molecule has 0 amide bonds. The largest absolute Gasteiger partial charge is 0.492 e. The molecule has 2 aliphatic rings. The summed E-state index contributed by atoms with van der Waals surface area (Å²) in [5, 5.41) is 0. The first-order valence-corrected chi connectivity index (χ1v) is 5.27. The van der Waals surface area contributed by atoms with E-state index in [1.54, 1.807) is 12.1 Å². The summed E-state index contributed by atoms with van der Waals surface area (Å²) < 4.78 is 16.6. The molecule has 2 aliphatic heterocycles. The summed E-state index contributed by atoms with van der Waals surface area (Å²) in [5.74, 6) is 1.27. The molecule has 0 atom stereocenters. The normalized spacial score (nSPS) is 20.2. The van der Waals surface area contributed by atoms with E-state index in [2.05, 4.69) is 0 Å². The van der Waals surface area contributed by atoms with Crippen LogP contribution in [0.3, 0.4) is 0 Å². The molecule has 0 saturated heterocycles. The molecule has 4 heteroatoms. The third-order valence-electron chi connectivity index (χ3n) is 2.64. The summed E-state index contributed by atoms with van der Waals surface area (Å²) in [6.07, 6.45) is 0.427. The van der Waals surface area contributed by atoms with E-state index in [-0.39, 0.29) is 5.78 Å². The van der Waals surface area contributed by atoms with Gasteiger partial charge in [-0.25, -0.2) is 0 Å². The van der Waals surface area contributed by atoms with Crippen molar-refractivity contribution in [3.63, 3.8) is 0 Å². The minimum Gasteiger partial charge on any atom is -0.492 e. The van der Waals surface area contributed by atoms with E-state index in [9.17, 15) is 4.79 Å². The molecule has 0 unspecified atom stereocenters. The highest BCUT2D eigenvalue weighted by Crippen LogP contribution is 2.44. The van der Waals surface area contributed by atoms with Crippen molar-refractivity contribution >= 4 is 5.78 Å². The first-order chi connectivity index (χ1) is 7.55. The van der Waals surface area contributed by atoms with Gasteiger partial charge in [-0.3, -0.25) is 4.79 Å². The van der Waals surface area contributed by atoms with Crippen LogP contribution in [-0.4, -0.2) is 18.2 Å². The number of ketones is 1. The molecule has 0 saturated carbocycles. The smallest absolute Gasteiger partial charge is 0.246 e. The zero-order valence-corrected chi connectivity index (χ0v) is 9.20. The van der Waals surface area contributed by atoms with Gasteiger partial charge in [-0.05, 0) is 6.07 Å². The molecular weight excluding hydrogens is 208 g/mol. The van der Waals surface area contributed by atoms with E-state index < -0.39 is 5.79 Å². The first kappa shape index (κ1) is 9.51. The number of Topliss-reactive ketones (excluding diaryl/α,β-unsaturated/α-hetero) is 1. The highest BCUT2D eigenvalue weighted by atomic mass is 16.7. The van der Waals surface area contributed by atoms with E-state index in [0.29, 0.717) is 35.8 Å². The molecule has 1 aromatic carbocycles. The molecular formula is C12H12O4. The number of hydrogen-bond donors (Lipinski definition) is 0. The monoisotopic (exact) mass is 220 g/mol. The van der Waals surface area contributed by atoms with Gasteiger partial charge in [0, 0.05) is 26.3 Å². The number of benzene rings is 1. The lowest BCUT2D eigenvalue weighted by atomic mass is 10.0. The zero-order chi connectivity index (χ0) is 11.3. The number of rotatable bonds is 0. The topological polar surface area (TPSA) is 44.8 Å². The van der Waals surface area contributed by atoms with Crippen LogP contribution in [0.15, 0.2) is 12.1 Å². The minimum absolute atomic E-state index is 0.0948. The van der Waals surface area contributed by atoms with Gasteiger partial charge in [0.15, 0.2) is 17.3 Å². The molecule has 0 N–H and O–H groups in total. The lowest BCUT2D eigenvalue weighted by Crippen LogP contribution is -2.29. The molecule has 4 nitrogen and oxygen atoms in total. The lowest BCUT2D eigenvalue weighted by molar-refractivity contribution is -0.0431. The van der Waals surface area contributed by atoms with Gasteiger partial charge >= 0.3 is 0 Å². The molecule has 3 rings (SSSR count). The maximum Gasteiger partial charge on any atom is 0.246 e. The molecule has 0 aliphatic carbocycles. The molecule has 0 aromatic heterocycles. The van der Waals surface area contributed by atoms with Crippen LogP contribution in [0.1, 0.15) is 30.6 Å². The quantitative estimate of drug-likeness (QED) is 0.672. The lowest BCUT2D eigenvalue weighted by Gasteiger charge is -2.16. The summed E-state index contributed by atoms with van der Waals surface area (Å²) >= 11 is 0. The number of fused-ring (bicyclic) bond motifs is 2. The highest BCUT2D eigenvalue weighted by Gasteiger charge is 2.34. The van der Waals surface area contributed by atoms with Gasteiger partial charge in [0.2, 0.25) is 5.79 Å². The average Bonchev–Trinajstić information content (AvgIpc) is 2.48. The van der Waals surface area contributed by atoms with Crippen LogP contribution in [0.5, 0.6) is 17.2 Å². The van der Waals surface area contributed by atoms with Crippen LogP contribution < -0.4 is 14.2 Å². The molecule has 0 spiro atoms. The second kappa shape index (κ2) is 2.90. The Morgan fingerprint density at radius 2 is 1.81 bits per heavy atom. The second-order valence-corrected chi connectivity index (χ2v) is 4.42. The number of ether oxygens (including phenoxy) is 3. The van der Waals surface area contributed by atoms with E-state index in [0.717, 1.165) is 0 Å². The van der Waals surface area contributed by atoms with Gasteiger partial charge in [-0.2, -0.15) is 0 Å². The standard InChI is InChI=1S/C12H12O4/c1-12(2)15-10-5-7-8(13)3-4-14-9(7)6-11(10)16-12/h5-6H,3-4H2,1-2H3. The SMILES string of the molecule is CC1(C)Oc2cc3c(cc2O1)C(=O)CCO3. The summed E-state index contributed by atoms with van der Waals surface area (Å²) in [5.41, 5.74) is 0.589. The van der Waals surface area contributed by atoms with Crippen molar-refractivity contribution in [3.8, 4) is 17.2 Å². The Kier molecular flexibility index (Phi) is 1.73. The van der Waals surface area contributed by atoms with E-state index in [4.69, 9.17) is 14.2 Å². The van der Waals surface area contributed by atoms with Crippen molar-refractivity contribution in [1.29, 1.82) is 0 Å². The fourth-order valence-electron chi connectivity index (χ4n) is 1.98. The fraction of sp³-hybridized carbons (Fsp3) is 0.417. The molecule has 1 aromatic rings. The zero-order valence-electron chi connectivity index (χ0n) is 9.20. The van der Waals surface area contributed by atoms with Crippen LogP contribution in [0.25, 0.3) is 0 Å². The molecule has 2 heterocycles. The highest BCUT2D eigenvalue weighted by molar-refractivity contribution is 6.00. The van der Waals surface area contributed by atoms with E-state index in [1.165, 1.54) is 0 Å². The van der Waals surface area contributed by atoms with Crippen molar-refractivity contribution in [3.05, 3.63) is 17.7 Å². The van der Waals surface area contributed by atoms with Gasteiger partial charge in [0.1, 0.15) is 5.75 Å². The summed E-state index contributed by atoms with van der Waals surface area (Å²) in [6, 6.07) is 3.44. The molecule has 0 radical (unpaired) electrons. The summed E-state index contributed by atoms with van der Waals surface area (Å²) in [6.45, 7) is 4.10. The fourth-order valence-corrected chi connectivity index (χ4v) is 1.98. The minimum atomic E-state index is -0.671. The number of hydrogen-bond acceptors (Lipinski definition) is 4. The van der Waals surface area contributed by atoms with Gasteiger partial charge < -0.3 is 14.2 Å². The van der Waals surface area contributed by atoms with Crippen molar-refractivity contribution in [2.24, 2.45) is 0 Å². The third kappa shape index (κ3) is 1.33. The Bertz CT molecular complexity index is 476. The Morgan fingerprint density at radius 1 is 1.12 bits per heavy atom. The molecule has 0 fully saturated rings. The van der Waals surface area contributed by atoms with Gasteiger partial charge in [-0.1, -0.05) is 0 Å². The van der Waals surface area contributed by atoms with Gasteiger partial charge in [0.25, 0.3) is 0 Å². The summed E-state index contributed by atoms with van der Waals surface area (Å²) in [4.78, 5) is 11.7. The van der Waals surface area contributed by atoms with Crippen LogP contribution in [0, 0.1) is 0 Å². The van der Waals surface area contributed by atoms with Crippen LogP contribution in [0.2, 0.25) is 0 Å². The molecule has 16 heavy (non-hydrogen) atoms. The predicted octanol–water partition coefficient (Wildman–Crippen LogP) is 2.16. The Hall–Kier alpha value is -1.71. The summed E-state index contributed by atoms with van der Waals surface area (Å²) in [7, 11) is 0. The Balaban J connectivity index is 2.10. The number of carbonyl (C=O) groups is 1. The van der Waals surface area contributed by atoms with Crippen molar-refractivity contribution < 1.29 is 19.0 Å².